The molecule has 0 aliphatic carbocycles. The number of nitrogens with one attached hydrogen (secondary N) is 1. The summed E-state index contributed by atoms with van der Waals surface area (Å²) < 4.78 is 0. The fourth-order valence-electron chi connectivity index (χ4n) is 3.07. The smallest absolute Gasteiger partial charge is 0.254 e. The summed E-state index contributed by atoms with van der Waals surface area (Å²) in [7, 11) is 4.00. The lowest BCUT2D eigenvalue weighted by Gasteiger charge is -2.23. The monoisotopic (exact) mass is 430 g/mol. The van der Waals surface area contributed by atoms with Gasteiger partial charge in [0, 0.05) is 17.0 Å². The summed E-state index contributed by atoms with van der Waals surface area (Å²) >= 11 is 1.45. The van der Waals surface area contributed by atoms with Crippen LogP contribution in [0.25, 0.3) is 0 Å². The minimum Gasteiger partial charge on any atom is -0.329 e. The lowest BCUT2D eigenvalue weighted by atomic mass is 10.1. The van der Waals surface area contributed by atoms with Crippen LogP contribution in [0.3, 0.4) is 0 Å². The first-order valence-electron chi connectivity index (χ1n) is 10.6. The van der Waals surface area contributed by atoms with Crippen molar-refractivity contribution < 1.29 is 9.59 Å². The lowest BCUT2D eigenvalue weighted by molar-refractivity contribution is -0.116. The molecule has 1 N–H and O–H groups in total. The van der Waals surface area contributed by atoms with E-state index in [0.717, 1.165) is 42.8 Å². The van der Waals surface area contributed by atoms with Crippen molar-refractivity contribution in [1.29, 1.82) is 0 Å². The number of aryl methyl sites for hydroxylation is 3. The highest BCUT2D eigenvalue weighted by atomic mass is 32.1. The van der Waals surface area contributed by atoms with Gasteiger partial charge in [-0.05, 0) is 71.4 Å². The Hall–Kier alpha value is -2.25. The Labute approximate surface area is 184 Å². The van der Waals surface area contributed by atoms with Crippen LogP contribution in [0.15, 0.2) is 24.3 Å². The molecule has 164 valence electrons. The molecule has 1 aromatic carbocycles. The molecule has 7 heteroatoms. The molecule has 0 bridgehead atoms. The second-order valence-corrected chi connectivity index (χ2v) is 9.10. The van der Waals surface area contributed by atoms with E-state index in [0.29, 0.717) is 17.2 Å². The first kappa shape index (κ1) is 24.0. The van der Waals surface area contributed by atoms with Gasteiger partial charge in [0.05, 0.1) is 5.69 Å². The van der Waals surface area contributed by atoms with Gasteiger partial charge in [-0.2, -0.15) is 0 Å². The van der Waals surface area contributed by atoms with Crippen LogP contribution in [0.2, 0.25) is 0 Å². The number of hydrogen-bond donors (Lipinski definition) is 1. The van der Waals surface area contributed by atoms with Crippen LogP contribution in [0.5, 0.6) is 0 Å². The van der Waals surface area contributed by atoms with E-state index in [1.165, 1.54) is 16.9 Å². The summed E-state index contributed by atoms with van der Waals surface area (Å²) in [5.41, 5.74) is 2.77. The summed E-state index contributed by atoms with van der Waals surface area (Å²) in [5.74, 6) is -0.334. The summed E-state index contributed by atoms with van der Waals surface area (Å²) in [4.78, 5) is 34.9. The number of rotatable bonds is 11. The number of anilines is 1. The molecule has 6 nitrogen and oxygen atoms in total. The second kappa shape index (κ2) is 11.8. The molecular formula is C23H34N4O2S. The number of amides is 2. The molecule has 0 aliphatic heterocycles. The Bertz CT molecular complexity index is 811. The molecule has 0 spiro atoms. The van der Waals surface area contributed by atoms with E-state index >= 15 is 0 Å². The van der Waals surface area contributed by atoms with Gasteiger partial charge < -0.3 is 15.1 Å². The van der Waals surface area contributed by atoms with Gasteiger partial charge in [0.25, 0.3) is 5.91 Å². The molecule has 0 atom stereocenters. The van der Waals surface area contributed by atoms with Crippen LogP contribution in [0, 0.1) is 13.8 Å². The van der Waals surface area contributed by atoms with Gasteiger partial charge in [0.2, 0.25) is 5.91 Å². The normalized spacial score (nSPS) is 11.0. The first-order chi connectivity index (χ1) is 14.3. The summed E-state index contributed by atoms with van der Waals surface area (Å²) in [5, 5.41) is 3.42. The molecule has 1 aromatic heterocycles. The number of aromatic nitrogens is 1. The van der Waals surface area contributed by atoms with Crippen LogP contribution >= 0.6 is 11.3 Å². The zero-order valence-electron chi connectivity index (χ0n) is 18.8. The van der Waals surface area contributed by atoms with Gasteiger partial charge in [0.1, 0.15) is 6.54 Å². The van der Waals surface area contributed by atoms with Crippen molar-refractivity contribution in [3.05, 3.63) is 46.0 Å². The SMILES string of the molecule is CCCCc1ccc(C(=O)N(CCCN(C)C)CC(=O)Nc2nc(C)c(C)s2)cc1. The molecule has 2 aromatic rings. The third-order valence-corrected chi connectivity index (χ3v) is 5.94. The Morgan fingerprint density at radius 3 is 2.33 bits per heavy atom. The Balaban J connectivity index is 2.06. The molecule has 0 unspecified atom stereocenters. The summed E-state index contributed by atoms with van der Waals surface area (Å²) in [6, 6.07) is 7.78. The second-order valence-electron chi connectivity index (χ2n) is 7.89. The summed E-state index contributed by atoms with van der Waals surface area (Å²) in [6.45, 7) is 7.46. The summed E-state index contributed by atoms with van der Waals surface area (Å²) in [6.07, 6.45) is 4.11. The highest BCUT2D eigenvalue weighted by Crippen LogP contribution is 2.21. The third kappa shape index (κ3) is 7.54. The van der Waals surface area contributed by atoms with Crippen LogP contribution in [-0.4, -0.2) is 60.3 Å². The number of thiazole rings is 1. The molecule has 0 radical (unpaired) electrons. The van der Waals surface area contributed by atoms with Gasteiger partial charge >= 0.3 is 0 Å². The number of unbranched alkanes of at least 4 members (excludes halogenated alkanes) is 1. The average molecular weight is 431 g/mol. The molecular weight excluding hydrogens is 396 g/mol. The van der Waals surface area contributed by atoms with E-state index in [1.807, 2.05) is 52.2 Å². The maximum absolute atomic E-state index is 13.1. The Morgan fingerprint density at radius 1 is 1.07 bits per heavy atom. The maximum Gasteiger partial charge on any atom is 0.254 e. The van der Waals surface area contributed by atoms with E-state index in [9.17, 15) is 9.59 Å². The zero-order valence-corrected chi connectivity index (χ0v) is 19.6. The van der Waals surface area contributed by atoms with Crippen molar-refractivity contribution in [3.8, 4) is 0 Å². The highest BCUT2D eigenvalue weighted by Gasteiger charge is 2.20. The Kier molecular flexibility index (Phi) is 9.46. The van der Waals surface area contributed by atoms with Crippen LogP contribution < -0.4 is 5.32 Å². The van der Waals surface area contributed by atoms with Crippen molar-refractivity contribution in [2.45, 2.75) is 46.5 Å². The van der Waals surface area contributed by atoms with Gasteiger partial charge in [-0.25, -0.2) is 4.98 Å². The first-order valence-corrected chi connectivity index (χ1v) is 11.4. The van der Waals surface area contributed by atoms with Crippen LogP contribution in [0.1, 0.15) is 52.7 Å². The van der Waals surface area contributed by atoms with E-state index < -0.39 is 0 Å². The molecule has 30 heavy (non-hydrogen) atoms. The van der Waals surface area contributed by atoms with Crippen LogP contribution in [0.4, 0.5) is 5.13 Å². The molecule has 0 saturated carbocycles. The zero-order chi connectivity index (χ0) is 22.1. The van der Waals surface area contributed by atoms with Gasteiger partial charge in [0.15, 0.2) is 5.13 Å². The molecule has 0 saturated heterocycles. The largest absolute Gasteiger partial charge is 0.329 e. The topological polar surface area (TPSA) is 65.5 Å². The van der Waals surface area contributed by atoms with Crippen molar-refractivity contribution in [1.82, 2.24) is 14.8 Å². The van der Waals surface area contributed by atoms with Crippen molar-refractivity contribution in [2.24, 2.45) is 0 Å². The quantitative estimate of drug-likeness (QED) is 0.582. The standard InChI is InChI=1S/C23H34N4O2S/c1-6-7-9-19-10-12-20(13-11-19)22(29)27(15-8-14-26(4)5)16-21(28)25-23-24-17(2)18(3)30-23/h10-13H,6-9,14-16H2,1-5H3,(H,24,25,28). The van der Waals surface area contributed by atoms with Gasteiger partial charge in [-0.3, -0.25) is 9.59 Å². The van der Waals surface area contributed by atoms with Crippen LogP contribution in [-0.2, 0) is 11.2 Å². The highest BCUT2D eigenvalue weighted by molar-refractivity contribution is 7.15. The third-order valence-electron chi connectivity index (χ3n) is 4.95. The van der Waals surface area contributed by atoms with E-state index in [4.69, 9.17) is 0 Å². The fourth-order valence-corrected chi connectivity index (χ4v) is 3.90. The number of carbonyl (C=O) groups excluding carboxylic acids is 2. The maximum atomic E-state index is 13.1. The fraction of sp³-hybridized carbons (Fsp3) is 0.522. The van der Waals surface area contributed by atoms with E-state index in [1.54, 1.807) is 4.90 Å². The lowest BCUT2D eigenvalue weighted by Crippen LogP contribution is -2.39. The molecule has 0 fully saturated rings. The number of hydrogen-bond acceptors (Lipinski definition) is 5. The van der Waals surface area contributed by atoms with Crippen molar-refractivity contribution >= 4 is 28.3 Å². The predicted octanol–water partition coefficient (Wildman–Crippen LogP) is 4.14. The number of nitrogens with zero attached hydrogens (tertiary/aromatic N) is 3. The minimum atomic E-state index is -0.221. The molecule has 2 amide bonds. The van der Waals surface area contributed by atoms with E-state index in [2.05, 4.69) is 22.1 Å². The average Bonchev–Trinajstić information content (AvgIpc) is 3.01. The molecule has 2 rings (SSSR count). The molecule has 0 aliphatic rings. The minimum absolute atomic E-state index is 0.0154. The van der Waals surface area contributed by atoms with Gasteiger partial charge in [-0.1, -0.05) is 25.5 Å². The van der Waals surface area contributed by atoms with Crippen molar-refractivity contribution in [3.63, 3.8) is 0 Å². The van der Waals surface area contributed by atoms with Crippen molar-refractivity contribution in [2.75, 3.05) is 39.0 Å². The van der Waals surface area contributed by atoms with E-state index in [-0.39, 0.29) is 18.4 Å². The van der Waals surface area contributed by atoms with Gasteiger partial charge in [-0.15, -0.1) is 11.3 Å². The Morgan fingerprint density at radius 2 is 1.77 bits per heavy atom. The molecule has 1 heterocycles. The predicted molar refractivity (Wildman–Crippen MR) is 124 cm³/mol. The number of carbonyl (C=O) groups is 2. The number of benzene rings is 1.